The Balaban J connectivity index is 1.41. The highest BCUT2D eigenvalue weighted by Crippen LogP contribution is 2.38. The Labute approximate surface area is 169 Å². The van der Waals surface area contributed by atoms with Gasteiger partial charge in [0.15, 0.2) is 0 Å². The number of rotatable bonds is 11. The van der Waals surface area contributed by atoms with Crippen LogP contribution in [0.3, 0.4) is 0 Å². The number of carbonyl (C=O) groups excluding carboxylic acids is 1. The lowest BCUT2D eigenvalue weighted by molar-refractivity contribution is 0.0496. The summed E-state index contributed by atoms with van der Waals surface area (Å²) in [4.78, 5) is 12.6. The van der Waals surface area contributed by atoms with Crippen LogP contribution in [0.4, 0.5) is 0 Å². The fourth-order valence-corrected chi connectivity index (χ4v) is 3.75. The number of benzene rings is 2. The summed E-state index contributed by atoms with van der Waals surface area (Å²) in [6.07, 6.45) is 12.0. The molecular weight excluding hydrogens is 348 g/mol. The molecule has 3 heteroatoms. The Morgan fingerprint density at radius 1 is 0.857 bits per heavy atom. The molecule has 0 unspecified atom stereocenters. The average molecular weight is 381 g/mol. The molecule has 1 heterocycles. The van der Waals surface area contributed by atoms with E-state index < -0.39 is 0 Å². The molecule has 0 aromatic heterocycles. The van der Waals surface area contributed by atoms with Crippen molar-refractivity contribution in [3.05, 3.63) is 59.2 Å². The van der Waals surface area contributed by atoms with Gasteiger partial charge in [0.25, 0.3) is 0 Å². The Morgan fingerprint density at radius 3 is 2.32 bits per heavy atom. The van der Waals surface area contributed by atoms with Crippen molar-refractivity contribution in [2.45, 2.75) is 71.1 Å². The van der Waals surface area contributed by atoms with Crippen LogP contribution < -0.4 is 4.74 Å². The van der Waals surface area contributed by atoms with Crippen LogP contribution in [0.15, 0.2) is 42.5 Å². The lowest BCUT2D eigenvalue weighted by Gasteiger charge is -2.21. The van der Waals surface area contributed by atoms with Crippen LogP contribution in [0, 0.1) is 0 Å². The number of unbranched alkanes of at least 4 members (excludes halogenated alkanes) is 8. The van der Waals surface area contributed by atoms with E-state index in [4.69, 9.17) is 9.47 Å². The first-order valence-corrected chi connectivity index (χ1v) is 10.8. The summed E-state index contributed by atoms with van der Waals surface area (Å²) in [5, 5.41) is 0. The molecule has 0 saturated carbocycles. The zero-order valence-corrected chi connectivity index (χ0v) is 17.0. The number of hydrogen-bond donors (Lipinski definition) is 0. The zero-order valence-electron chi connectivity index (χ0n) is 17.0. The lowest BCUT2D eigenvalue weighted by atomic mass is 9.96. The van der Waals surface area contributed by atoms with Gasteiger partial charge < -0.3 is 9.47 Å². The molecule has 0 amide bonds. The number of para-hydroxylation sites is 1. The highest BCUT2D eigenvalue weighted by atomic mass is 16.5. The van der Waals surface area contributed by atoms with E-state index in [1.807, 2.05) is 42.5 Å². The molecule has 2 aromatic rings. The van der Waals surface area contributed by atoms with E-state index in [1.54, 1.807) is 0 Å². The maximum Gasteiger partial charge on any atom is 0.338 e. The maximum absolute atomic E-state index is 12.6. The summed E-state index contributed by atoms with van der Waals surface area (Å²) in [5.41, 5.74) is 2.66. The first-order valence-electron chi connectivity index (χ1n) is 10.8. The lowest BCUT2D eigenvalue weighted by Crippen LogP contribution is -2.13. The summed E-state index contributed by atoms with van der Waals surface area (Å²) in [6, 6.07) is 13.6. The van der Waals surface area contributed by atoms with E-state index >= 15 is 0 Å². The fraction of sp³-hybridized carbons (Fsp3) is 0.480. The molecule has 150 valence electrons. The topological polar surface area (TPSA) is 35.5 Å². The van der Waals surface area contributed by atoms with Gasteiger partial charge in [0.1, 0.15) is 11.5 Å². The number of esters is 1. The molecule has 0 bridgehead atoms. The normalized spacial score (nSPS) is 12.0. The Kier molecular flexibility index (Phi) is 7.95. The summed E-state index contributed by atoms with van der Waals surface area (Å²) >= 11 is 0. The number of carbonyl (C=O) groups is 1. The van der Waals surface area contributed by atoms with Crippen LogP contribution in [0.2, 0.25) is 0 Å². The van der Waals surface area contributed by atoms with Crippen LogP contribution in [-0.4, -0.2) is 12.6 Å². The minimum Gasteiger partial charge on any atom is -0.462 e. The van der Waals surface area contributed by atoms with Crippen molar-refractivity contribution in [2.75, 3.05) is 6.61 Å². The van der Waals surface area contributed by atoms with Crippen LogP contribution in [-0.2, 0) is 11.2 Å². The quantitative estimate of drug-likeness (QED) is 0.263. The largest absolute Gasteiger partial charge is 0.462 e. The van der Waals surface area contributed by atoms with Crippen molar-refractivity contribution >= 4 is 5.97 Å². The van der Waals surface area contributed by atoms with Gasteiger partial charge >= 0.3 is 5.97 Å². The Morgan fingerprint density at radius 2 is 1.54 bits per heavy atom. The van der Waals surface area contributed by atoms with Crippen molar-refractivity contribution in [3.63, 3.8) is 0 Å². The third kappa shape index (κ3) is 5.60. The van der Waals surface area contributed by atoms with Crippen LogP contribution in [0.5, 0.6) is 11.5 Å². The molecule has 0 saturated heterocycles. The van der Waals surface area contributed by atoms with Crippen LogP contribution in [0.25, 0.3) is 0 Å². The second-order valence-electron chi connectivity index (χ2n) is 7.63. The van der Waals surface area contributed by atoms with Gasteiger partial charge in [0.2, 0.25) is 0 Å². The van der Waals surface area contributed by atoms with Gasteiger partial charge in [-0.15, -0.1) is 0 Å². The summed E-state index contributed by atoms with van der Waals surface area (Å²) in [6.45, 7) is 2.74. The van der Waals surface area contributed by atoms with Gasteiger partial charge in [-0.3, -0.25) is 0 Å². The van der Waals surface area contributed by atoms with E-state index in [0.717, 1.165) is 35.5 Å². The van der Waals surface area contributed by atoms with Crippen molar-refractivity contribution in [3.8, 4) is 11.5 Å². The number of ether oxygens (including phenoxy) is 2. The summed E-state index contributed by atoms with van der Waals surface area (Å²) in [7, 11) is 0. The first kappa shape index (κ1) is 20.4. The molecule has 3 nitrogen and oxygen atoms in total. The third-order valence-corrected chi connectivity index (χ3v) is 5.39. The van der Waals surface area contributed by atoms with Crippen molar-refractivity contribution < 1.29 is 14.3 Å². The van der Waals surface area contributed by atoms with Gasteiger partial charge in [-0.05, 0) is 30.2 Å². The second-order valence-corrected chi connectivity index (χ2v) is 7.63. The molecular formula is C25H32O3. The Hall–Kier alpha value is -2.29. The minimum atomic E-state index is -0.237. The molecule has 0 N–H and O–H groups in total. The average Bonchev–Trinajstić information content (AvgIpc) is 2.73. The smallest absolute Gasteiger partial charge is 0.338 e. The number of hydrogen-bond acceptors (Lipinski definition) is 3. The minimum absolute atomic E-state index is 0.237. The molecule has 0 atom stereocenters. The zero-order chi connectivity index (χ0) is 19.6. The Bertz CT molecular complexity index is 766. The monoisotopic (exact) mass is 380 g/mol. The molecule has 28 heavy (non-hydrogen) atoms. The van der Waals surface area contributed by atoms with Crippen molar-refractivity contribution in [1.29, 1.82) is 0 Å². The molecule has 0 fully saturated rings. The van der Waals surface area contributed by atoms with Gasteiger partial charge in [0.05, 0.1) is 12.2 Å². The second kappa shape index (κ2) is 10.9. The van der Waals surface area contributed by atoms with E-state index in [9.17, 15) is 4.79 Å². The highest BCUT2D eigenvalue weighted by molar-refractivity contribution is 5.92. The standard InChI is InChI=1S/C25H32O3/c1-2-3-4-5-6-7-8-9-12-18-27-25(26)21-15-13-17-24-22(21)19-20-14-10-11-16-23(20)28-24/h10-11,13-17H,2-9,12,18-19H2,1H3. The molecule has 2 aromatic carbocycles. The van der Waals surface area contributed by atoms with E-state index in [0.29, 0.717) is 18.6 Å². The third-order valence-electron chi connectivity index (χ3n) is 5.39. The summed E-state index contributed by atoms with van der Waals surface area (Å²) < 4.78 is 11.5. The van der Waals surface area contributed by atoms with Crippen molar-refractivity contribution in [1.82, 2.24) is 0 Å². The molecule has 1 aliphatic heterocycles. The molecule has 1 aliphatic rings. The van der Waals surface area contributed by atoms with Gasteiger partial charge in [-0.25, -0.2) is 4.79 Å². The predicted molar refractivity (Wildman–Crippen MR) is 113 cm³/mol. The number of fused-ring (bicyclic) bond motifs is 2. The predicted octanol–water partition coefficient (Wildman–Crippen LogP) is 7.07. The van der Waals surface area contributed by atoms with Crippen molar-refractivity contribution in [2.24, 2.45) is 0 Å². The molecule has 0 radical (unpaired) electrons. The molecule has 0 spiro atoms. The SMILES string of the molecule is CCCCCCCCCCCOC(=O)c1cccc2c1Cc1ccccc1O2. The van der Waals surface area contributed by atoms with E-state index in [1.165, 1.54) is 44.9 Å². The molecule has 3 rings (SSSR count). The molecule has 0 aliphatic carbocycles. The summed E-state index contributed by atoms with van der Waals surface area (Å²) in [5.74, 6) is 1.39. The van der Waals surface area contributed by atoms with E-state index in [2.05, 4.69) is 6.92 Å². The van der Waals surface area contributed by atoms with Gasteiger partial charge in [-0.1, -0.05) is 82.6 Å². The fourth-order valence-electron chi connectivity index (χ4n) is 3.75. The van der Waals surface area contributed by atoms with Crippen LogP contribution in [0.1, 0.15) is 86.2 Å². The van der Waals surface area contributed by atoms with E-state index in [-0.39, 0.29) is 5.97 Å². The van der Waals surface area contributed by atoms with Gasteiger partial charge in [0, 0.05) is 12.0 Å². The maximum atomic E-state index is 12.6. The highest BCUT2D eigenvalue weighted by Gasteiger charge is 2.22. The first-order chi connectivity index (χ1) is 13.8. The van der Waals surface area contributed by atoms with Crippen LogP contribution >= 0.6 is 0 Å². The van der Waals surface area contributed by atoms with Gasteiger partial charge in [-0.2, -0.15) is 0 Å².